The maximum absolute atomic E-state index is 11.8. The van der Waals surface area contributed by atoms with E-state index in [1.807, 2.05) is 0 Å². The predicted octanol–water partition coefficient (Wildman–Crippen LogP) is 7.38. The number of benzene rings is 5. The molecule has 3 atom stereocenters. The number of para-hydroxylation sites is 1. The van der Waals surface area contributed by atoms with Crippen LogP contribution in [0.3, 0.4) is 0 Å². The van der Waals surface area contributed by atoms with E-state index < -0.39 is 5.79 Å². The average Bonchev–Trinajstić information content (AvgIpc) is 3.63. The van der Waals surface area contributed by atoms with Gasteiger partial charge in [-0.2, -0.15) is 4.57 Å². The van der Waals surface area contributed by atoms with Crippen LogP contribution in [0.4, 0.5) is 17.1 Å². The monoisotopic (exact) mass is 505 g/mol. The second-order valence-electron chi connectivity index (χ2n) is 10.8. The van der Waals surface area contributed by atoms with Crippen molar-refractivity contribution < 1.29 is 14.4 Å². The Morgan fingerprint density at radius 1 is 0.795 bits per heavy atom. The Bertz CT molecular complexity index is 1990. The topological polar surface area (TPSA) is 36.6 Å². The quantitative estimate of drug-likeness (QED) is 0.201. The number of aliphatic hydroxyl groups is 1. The summed E-state index contributed by atoms with van der Waals surface area (Å²) in [7, 11) is 1.63. The van der Waals surface area contributed by atoms with Crippen LogP contribution in [0.1, 0.15) is 17.5 Å². The van der Waals surface area contributed by atoms with Crippen molar-refractivity contribution in [2.75, 3.05) is 12.0 Å². The minimum atomic E-state index is -1.26. The van der Waals surface area contributed by atoms with Gasteiger partial charge in [0.1, 0.15) is 11.6 Å². The average molecular weight is 506 g/mol. The molecule has 1 fully saturated rings. The summed E-state index contributed by atoms with van der Waals surface area (Å²) in [6.07, 6.45) is 0. The van der Waals surface area contributed by atoms with E-state index >= 15 is 0 Å². The number of hydrogen-bond donors (Lipinski definition) is 1. The molecule has 9 rings (SSSR count). The maximum atomic E-state index is 11.8. The van der Waals surface area contributed by atoms with Crippen molar-refractivity contribution in [3.63, 3.8) is 0 Å². The van der Waals surface area contributed by atoms with Crippen LogP contribution in [0.5, 0.6) is 0 Å². The van der Waals surface area contributed by atoms with Crippen molar-refractivity contribution in [3.8, 4) is 22.4 Å². The fraction of sp³-hybridized carbons (Fsp3) is 0.114. The number of hydrogen-bond acceptors (Lipinski definition) is 3. The van der Waals surface area contributed by atoms with Gasteiger partial charge < -0.3 is 14.7 Å². The van der Waals surface area contributed by atoms with Crippen molar-refractivity contribution >= 4 is 38.7 Å². The van der Waals surface area contributed by atoms with Crippen LogP contribution in [0.2, 0.25) is 0 Å². The highest BCUT2D eigenvalue weighted by Crippen LogP contribution is 2.66. The van der Waals surface area contributed by atoms with E-state index in [9.17, 15) is 5.11 Å². The minimum Gasteiger partial charge on any atom is -0.360 e. The van der Waals surface area contributed by atoms with Crippen LogP contribution >= 0.6 is 0 Å². The summed E-state index contributed by atoms with van der Waals surface area (Å²) in [6.45, 7) is 0. The van der Waals surface area contributed by atoms with E-state index in [0.717, 1.165) is 39.2 Å². The number of pyridine rings is 1. The molecular formula is C35H25N2O2+. The molecule has 1 aromatic heterocycles. The molecule has 3 heterocycles. The third-order valence-electron chi connectivity index (χ3n) is 9.00. The van der Waals surface area contributed by atoms with Gasteiger partial charge in [0.15, 0.2) is 0 Å². The fourth-order valence-corrected chi connectivity index (χ4v) is 7.31. The van der Waals surface area contributed by atoms with E-state index in [-0.39, 0.29) is 12.0 Å². The third-order valence-corrected chi connectivity index (χ3v) is 9.00. The van der Waals surface area contributed by atoms with E-state index in [0.29, 0.717) is 0 Å². The lowest BCUT2D eigenvalue weighted by Crippen LogP contribution is -2.43. The number of nitrogens with zero attached hydrogens (tertiary/aromatic N) is 2. The molecule has 1 N–H and O–H groups in total. The highest BCUT2D eigenvalue weighted by molar-refractivity contribution is 6.15. The predicted molar refractivity (Wildman–Crippen MR) is 154 cm³/mol. The van der Waals surface area contributed by atoms with Gasteiger partial charge in [-0.05, 0) is 46.3 Å². The van der Waals surface area contributed by atoms with Crippen LogP contribution in [0.25, 0.3) is 44.1 Å². The second-order valence-corrected chi connectivity index (χ2v) is 10.8. The molecule has 186 valence electrons. The van der Waals surface area contributed by atoms with E-state index in [4.69, 9.17) is 4.74 Å². The molecule has 6 aromatic rings. The largest absolute Gasteiger partial charge is 0.360 e. The van der Waals surface area contributed by atoms with Crippen molar-refractivity contribution in [1.82, 2.24) is 0 Å². The van der Waals surface area contributed by atoms with Crippen LogP contribution in [-0.4, -0.2) is 18.0 Å². The number of anilines is 3. The summed E-state index contributed by atoms with van der Waals surface area (Å²) >= 11 is 0. The van der Waals surface area contributed by atoms with Gasteiger partial charge in [-0.15, -0.1) is 0 Å². The first-order chi connectivity index (χ1) is 19.2. The molecule has 39 heavy (non-hydrogen) atoms. The number of rotatable bonds is 3. The van der Waals surface area contributed by atoms with Crippen LogP contribution in [0, 0.1) is 0 Å². The Morgan fingerprint density at radius 2 is 1.56 bits per heavy atom. The van der Waals surface area contributed by atoms with E-state index in [1.54, 1.807) is 7.11 Å². The first kappa shape index (κ1) is 21.4. The molecular weight excluding hydrogens is 480 g/mol. The summed E-state index contributed by atoms with van der Waals surface area (Å²) in [5.74, 6) is -1.39. The molecule has 3 unspecified atom stereocenters. The zero-order chi connectivity index (χ0) is 25.9. The summed E-state index contributed by atoms with van der Waals surface area (Å²) in [5, 5.41) is 15.4. The number of ether oxygens (including phenoxy) is 1. The van der Waals surface area contributed by atoms with Crippen LogP contribution in [-0.2, 0) is 4.74 Å². The number of methoxy groups -OCH3 is 1. The number of aromatic nitrogens is 1. The smallest absolute Gasteiger partial charge is 0.244 e. The lowest BCUT2D eigenvalue weighted by atomic mass is 9.85. The highest BCUT2D eigenvalue weighted by atomic mass is 16.6. The molecule has 0 radical (unpaired) electrons. The van der Waals surface area contributed by atoms with Gasteiger partial charge in [0.25, 0.3) is 0 Å². The highest BCUT2D eigenvalue weighted by Gasteiger charge is 2.77. The van der Waals surface area contributed by atoms with Crippen LogP contribution in [0.15, 0.2) is 115 Å². The first-order valence-electron chi connectivity index (χ1n) is 13.5. The Morgan fingerprint density at radius 3 is 2.36 bits per heavy atom. The van der Waals surface area contributed by atoms with Gasteiger partial charge in [-0.25, -0.2) is 0 Å². The van der Waals surface area contributed by atoms with E-state index in [2.05, 4.69) is 125 Å². The molecule has 1 saturated carbocycles. The van der Waals surface area contributed by atoms with Gasteiger partial charge in [0.05, 0.1) is 16.6 Å². The molecule has 1 aliphatic carbocycles. The summed E-state index contributed by atoms with van der Waals surface area (Å²) in [5.41, 5.74) is 10.4. The van der Waals surface area contributed by atoms with Gasteiger partial charge in [0.2, 0.25) is 23.0 Å². The summed E-state index contributed by atoms with van der Waals surface area (Å²) in [6, 6.07) is 40.8. The summed E-state index contributed by atoms with van der Waals surface area (Å²) < 4.78 is 8.25. The molecule has 0 spiro atoms. The third kappa shape index (κ3) is 2.58. The zero-order valence-corrected chi connectivity index (χ0v) is 21.4. The lowest BCUT2D eigenvalue weighted by molar-refractivity contribution is -0.677. The van der Waals surface area contributed by atoms with Gasteiger partial charge >= 0.3 is 0 Å². The Kier molecular flexibility index (Phi) is 4.02. The fourth-order valence-electron chi connectivity index (χ4n) is 7.31. The molecule has 3 aliphatic rings. The molecule has 0 amide bonds. The molecule has 0 bridgehead atoms. The Hall–Kier alpha value is -4.51. The summed E-state index contributed by atoms with van der Waals surface area (Å²) in [4.78, 5) is 2.39. The molecule has 5 aromatic carbocycles. The van der Waals surface area contributed by atoms with Crippen molar-refractivity contribution in [3.05, 3.63) is 121 Å². The standard InChI is InChI=1S/C35H25N2O2/c1-39-35(38)32-25-19-18-22-12-8-17-28-30(22)31(25)33-29(36(28)23-13-6-3-7-14-23)20-26-24(21-10-4-2-5-11-21)15-9-16-27(26)37(33)34(32)35/h2-20,32,34,38H,1H3/q+1. The maximum Gasteiger partial charge on any atom is 0.244 e. The van der Waals surface area contributed by atoms with Crippen molar-refractivity contribution in [2.24, 2.45) is 0 Å². The van der Waals surface area contributed by atoms with Gasteiger partial charge in [-0.1, -0.05) is 84.9 Å². The number of fused-ring (bicyclic) bond motifs is 5. The second kappa shape index (κ2) is 7.32. The van der Waals surface area contributed by atoms with Crippen molar-refractivity contribution in [1.29, 1.82) is 0 Å². The van der Waals surface area contributed by atoms with Crippen molar-refractivity contribution in [2.45, 2.75) is 17.7 Å². The molecule has 4 heteroatoms. The molecule has 4 nitrogen and oxygen atoms in total. The normalized spacial score (nSPS) is 21.7. The Balaban J connectivity index is 1.50. The zero-order valence-electron chi connectivity index (χ0n) is 21.4. The van der Waals surface area contributed by atoms with Gasteiger partial charge in [-0.3, -0.25) is 0 Å². The first-order valence-corrected chi connectivity index (χ1v) is 13.5. The molecule has 2 aliphatic heterocycles. The lowest BCUT2D eigenvalue weighted by Gasteiger charge is -2.34. The van der Waals surface area contributed by atoms with E-state index in [1.165, 1.54) is 27.5 Å². The Labute approximate surface area is 226 Å². The van der Waals surface area contributed by atoms with Crippen LogP contribution < -0.4 is 9.47 Å². The minimum absolute atomic E-state index is 0.130. The molecule has 0 saturated heterocycles. The van der Waals surface area contributed by atoms with Gasteiger partial charge in [0, 0.05) is 24.2 Å². The SMILES string of the molecule is COC1(O)C2c3ccc4cccc5c4c3-c3c(cc4c(-c6ccccc6)cccc4[n+]3C21)N5c1ccccc1.